The minimum Gasteiger partial charge on any atom is -0.366 e. The highest BCUT2D eigenvalue weighted by Crippen LogP contribution is 2.31. The van der Waals surface area contributed by atoms with E-state index in [1.54, 1.807) is 17.5 Å². The van der Waals surface area contributed by atoms with Gasteiger partial charge in [-0.25, -0.2) is 13.4 Å². The van der Waals surface area contributed by atoms with Gasteiger partial charge >= 0.3 is 0 Å². The molecule has 0 atom stereocenters. The van der Waals surface area contributed by atoms with Gasteiger partial charge in [-0.3, -0.25) is 19.6 Å². The minimum atomic E-state index is -3.81. The molecule has 10 nitrogen and oxygen atoms in total. The quantitative estimate of drug-likeness (QED) is 0.378. The van der Waals surface area contributed by atoms with Crippen molar-refractivity contribution in [2.24, 2.45) is 0 Å². The number of nitro groups is 1. The van der Waals surface area contributed by atoms with Gasteiger partial charge in [-0.2, -0.15) is 0 Å². The van der Waals surface area contributed by atoms with E-state index in [2.05, 4.69) is 15.0 Å². The number of sulfonamides is 1. The Morgan fingerprint density at radius 3 is 2.45 bits per heavy atom. The number of anilines is 3. The second-order valence-electron chi connectivity index (χ2n) is 7.43. The third-order valence-electron chi connectivity index (χ3n) is 5.21. The lowest BCUT2D eigenvalue weighted by Crippen LogP contribution is -2.30. The molecule has 2 aromatic carbocycles. The lowest BCUT2D eigenvalue weighted by atomic mass is 10.1. The Bertz CT molecular complexity index is 1250. The van der Waals surface area contributed by atoms with Crippen LogP contribution < -0.4 is 14.9 Å². The molecular formula is C21H21N5O5S2. The standard InChI is InChI=1S/C21H21N5O5S2/c27-20(15-4-9-18(19(14-15)26(28)29)25-11-2-1-3-12-25)23-16-5-7-17(8-6-16)33(30,31)24-21-22-10-13-32-21/h4-10,13-14H,1-3,11-12H2,(H,22,24)(H,23,27). The van der Waals surface area contributed by atoms with Crippen LogP contribution in [0.15, 0.2) is 58.9 Å². The highest BCUT2D eigenvalue weighted by atomic mass is 32.2. The van der Waals surface area contributed by atoms with Crippen LogP contribution in [0.2, 0.25) is 0 Å². The summed E-state index contributed by atoms with van der Waals surface area (Å²) < 4.78 is 27.2. The molecule has 3 aromatic rings. The SMILES string of the molecule is O=C(Nc1ccc(S(=O)(=O)Nc2nccs2)cc1)c1ccc(N2CCCCC2)c([N+](=O)[O-])c1. The Morgan fingerprint density at radius 1 is 1.09 bits per heavy atom. The zero-order valence-electron chi connectivity index (χ0n) is 17.4. The molecule has 33 heavy (non-hydrogen) atoms. The lowest BCUT2D eigenvalue weighted by molar-refractivity contribution is -0.384. The molecule has 0 radical (unpaired) electrons. The number of nitro benzene ring substituents is 1. The topological polar surface area (TPSA) is 135 Å². The highest BCUT2D eigenvalue weighted by Gasteiger charge is 2.23. The molecule has 1 amide bonds. The summed E-state index contributed by atoms with van der Waals surface area (Å²) in [6, 6.07) is 10.0. The maximum Gasteiger partial charge on any atom is 0.293 e. The van der Waals surface area contributed by atoms with Gasteiger partial charge in [0.05, 0.1) is 9.82 Å². The average molecular weight is 488 g/mol. The summed E-state index contributed by atoms with van der Waals surface area (Å²) in [7, 11) is -3.81. The molecule has 4 rings (SSSR count). The Hall–Kier alpha value is -3.51. The minimum absolute atomic E-state index is 0.0113. The predicted molar refractivity (Wildman–Crippen MR) is 126 cm³/mol. The number of amides is 1. The molecule has 2 N–H and O–H groups in total. The molecule has 1 aliphatic rings. The van der Waals surface area contributed by atoms with Gasteiger partial charge < -0.3 is 10.2 Å². The molecule has 0 saturated carbocycles. The fourth-order valence-electron chi connectivity index (χ4n) is 3.58. The van der Waals surface area contributed by atoms with Crippen LogP contribution in [-0.4, -0.2) is 37.3 Å². The van der Waals surface area contributed by atoms with Gasteiger partial charge in [0.1, 0.15) is 5.69 Å². The summed E-state index contributed by atoms with van der Waals surface area (Å²) in [6.07, 6.45) is 4.55. The molecule has 1 saturated heterocycles. The van der Waals surface area contributed by atoms with Crippen molar-refractivity contribution in [2.75, 3.05) is 28.0 Å². The summed E-state index contributed by atoms with van der Waals surface area (Å²) in [5.74, 6) is -0.528. The zero-order chi connectivity index (χ0) is 23.4. The Morgan fingerprint density at radius 2 is 1.82 bits per heavy atom. The molecule has 0 unspecified atom stereocenters. The van der Waals surface area contributed by atoms with Crippen LogP contribution in [0.3, 0.4) is 0 Å². The highest BCUT2D eigenvalue weighted by molar-refractivity contribution is 7.93. The third-order valence-corrected chi connectivity index (χ3v) is 7.38. The number of hydrogen-bond donors (Lipinski definition) is 2. The van der Waals surface area contributed by atoms with Crippen LogP contribution >= 0.6 is 11.3 Å². The van der Waals surface area contributed by atoms with Crippen molar-refractivity contribution in [1.82, 2.24) is 4.98 Å². The van der Waals surface area contributed by atoms with E-state index >= 15 is 0 Å². The zero-order valence-corrected chi connectivity index (χ0v) is 19.1. The molecule has 172 valence electrons. The largest absolute Gasteiger partial charge is 0.366 e. The van der Waals surface area contributed by atoms with E-state index in [0.717, 1.165) is 43.7 Å². The van der Waals surface area contributed by atoms with Crippen molar-refractivity contribution in [3.05, 3.63) is 69.7 Å². The first kappa shape index (κ1) is 22.7. The molecule has 1 aliphatic heterocycles. The molecular weight excluding hydrogens is 466 g/mol. The fraction of sp³-hybridized carbons (Fsp3) is 0.238. The smallest absolute Gasteiger partial charge is 0.293 e. The van der Waals surface area contributed by atoms with Crippen LogP contribution in [0.1, 0.15) is 29.6 Å². The summed E-state index contributed by atoms with van der Waals surface area (Å²) in [4.78, 5) is 29.7. The first-order valence-electron chi connectivity index (χ1n) is 10.2. The van der Waals surface area contributed by atoms with E-state index in [9.17, 15) is 23.3 Å². The normalized spacial score (nSPS) is 14.0. The molecule has 1 fully saturated rings. The number of carbonyl (C=O) groups is 1. The number of carbonyl (C=O) groups excluding carboxylic acids is 1. The van der Waals surface area contributed by atoms with E-state index < -0.39 is 20.9 Å². The monoisotopic (exact) mass is 487 g/mol. The summed E-state index contributed by atoms with van der Waals surface area (Å²) in [5.41, 5.74) is 0.901. The van der Waals surface area contributed by atoms with E-state index in [-0.39, 0.29) is 21.3 Å². The molecule has 2 heterocycles. The van der Waals surface area contributed by atoms with Gasteiger partial charge in [0.25, 0.3) is 21.6 Å². The van der Waals surface area contributed by atoms with Gasteiger partial charge in [-0.15, -0.1) is 11.3 Å². The average Bonchev–Trinajstić information content (AvgIpc) is 3.32. The number of piperidine rings is 1. The summed E-state index contributed by atoms with van der Waals surface area (Å²) in [5, 5.41) is 16.2. The van der Waals surface area contributed by atoms with Crippen molar-refractivity contribution in [1.29, 1.82) is 0 Å². The Labute approximate surface area is 194 Å². The summed E-state index contributed by atoms with van der Waals surface area (Å²) >= 11 is 1.16. The van der Waals surface area contributed by atoms with Crippen molar-refractivity contribution in [2.45, 2.75) is 24.2 Å². The van der Waals surface area contributed by atoms with Gasteiger partial charge in [0.15, 0.2) is 5.13 Å². The number of thiazole rings is 1. The second kappa shape index (κ2) is 9.55. The summed E-state index contributed by atoms with van der Waals surface area (Å²) in [6.45, 7) is 1.50. The van der Waals surface area contributed by atoms with Crippen LogP contribution in [0, 0.1) is 10.1 Å². The van der Waals surface area contributed by atoms with Crippen molar-refractivity contribution < 1.29 is 18.1 Å². The number of benzene rings is 2. The number of hydrogen-bond acceptors (Lipinski definition) is 8. The molecule has 0 aliphatic carbocycles. The van der Waals surface area contributed by atoms with Gasteiger partial charge in [0.2, 0.25) is 0 Å². The number of rotatable bonds is 7. The van der Waals surface area contributed by atoms with Crippen LogP contribution in [0.5, 0.6) is 0 Å². The van der Waals surface area contributed by atoms with Crippen molar-refractivity contribution in [3.63, 3.8) is 0 Å². The molecule has 0 spiro atoms. The van der Waals surface area contributed by atoms with E-state index in [0.29, 0.717) is 11.4 Å². The van der Waals surface area contributed by atoms with E-state index in [4.69, 9.17) is 0 Å². The number of aromatic nitrogens is 1. The van der Waals surface area contributed by atoms with Crippen molar-refractivity contribution in [3.8, 4) is 0 Å². The van der Waals surface area contributed by atoms with Gasteiger partial charge in [-0.1, -0.05) is 0 Å². The van der Waals surface area contributed by atoms with Gasteiger partial charge in [-0.05, 0) is 55.7 Å². The van der Waals surface area contributed by atoms with Crippen LogP contribution in [0.4, 0.5) is 22.2 Å². The van der Waals surface area contributed by atoms with Gasteiger partial charge in [0, 0.05) is 42.0 Å². The third kappa shape index (κ3) is 5.29. The Kier molecular flexibility index (Phi) is 6.56. The van der Waals surface area contributed by atoms with E-state index in [1.165, 1.54) is 36.5 Å². The Balaban J connectivity index is 1.48. The van der Waals surface area contributed by atoms with E-state index in [1.807, 2.05) is 4.90 Å². The van der Waals surface area contributed by atoms with Crippen LogP contribution in [0.25, 0.3) is 0 Å². The predicted octanol–water partition coefficient (Wildman–Crippen LogP) is 4.09. The number of nitrogens with one attached hydrogen (secondary N) is 2. The first-order valence-corrected chi connectivity index (χ1v) is 12.6. The van der Waals surface area contributed by atoms with Crippen LogP contribution in [-0.2, 0) is 10.0 Å². The maximum atomic E-state index is 12.7. The lowest BCUT2D eigenvalue weighted by Gasteiger charge is -2.28. The van der Waals surface area contributed by atoms with Crippen molar-refractivity contribution >= 4 is 49.5 Å². The molecule has 12 heteroatoms. The maximum absolute atomic E-state index is 12.7. The fourth-order valence-corrected chi connectivity index (χ4v) is 5.37. The first-order chi connectivity index (χ1) is 15.8. The molecule has 0 bridgehead atoms. The number of nitrogens with zero attached hydrogens (tertiary/aromatic N) is 3. The molecule has 1 aromatic heterocycles. The second-order valence-corrected chi connectivity index (χ2v) is 10.0.